The molecule has 0 aromatic heterocycles. The fraction of sp³-hybridized carbons (Fsp3) is 0.800. The largest absolute Gasteiger partial charge is 0.342 e. The second-order valence-electron chi connectivity index (χ2n) is 4.26. The molecular weight excluding hydrogens is 199 g/mol. The van der Waals surface area contributed by atoms with E-state index >= 15 is 0 Å². The van der Waals surface area contributed by atoms with Crippen LogP contribution >= 0.6 is 0 Å². The van der Waals surface area contributed by atoms with Crippen LogP contribution in [0, 0.1) is 0 Å². The van der Waals surface area contributed by atoms with Gasteiger partial charge in [-0.15, -0.1) is 0 Å². The molecule has 0 saturated carbocycles. The summed E-state index contributed by atoms with van der Waals surface area (Å²) in [5.41, 5.74) is -0.871. The molecule has 0 aromatic carbocycles. The first-order valence-electron chi connectivity index (χ1n) is 5.14. The van der Waals surface area contributed by atoms with Crippen molar-refractivity contribution in [2.24, 2.45) is 0 Å². The number of hydrogen-bond acceptors (Lipinski definition) is 2. The SMILES string of the molecule is CC1(C)NC(=O)CCN(CCCF)C1=O. The fourth-order valence-electron chi connectivity index (χ4n) is 1.66. The summed E-state index contributed by atoms with van der Waals surface area (Å²) >= 11 is 0. The van der Waals surface area contributed by atoms with E-state index in [4.69, 9.17) is 0 Å². The monoisotopic (exact) mass is 216 g/mol. The van der Waals surface area contributed by atoms with Crippen LogP contribution in [0.3, 0.4) is 0 Å². The van der Waals surface area contributed by atoms with E-state index in [9.17, 15) is 14.0 Å². The van der Waals surface area contributed by atoms with Gasteiger partial charge in [0.15, 0.2) is 0 Å². The van der Waals surface area contributed by atoms with Gasteiger partial charge in [0.2, 0.25) is 11.8 Å². The Labute approximate surface area is 88.8 Å². The molecule has 0 bridgehead atoms. The Bertz CT molecular complexity index is 266. The highest BCUT2D eigenvalue weighted by Crippen LogP contribution is 2.13. The van der Waals surface area contributed by atoms with Gasteiger partial charge in [-0.1, -0.05) is 0 Å². The molecule has 0 aliphatic carbocycles. The van der Waals surface area contributed by atoms with E-state index in [1.165, 1.54) is 0 Å². The minimum absolute atomic E-state index is 0.129. The van der Waals surface area contributed by atoms with Gasteiger partial charge in [-0.3, -0.25) is 14.0 Å². The zero-order valence-electron chi connectivity index (χ0n) is 9.18. The molecule has 5 heteroatoms. The van der Waals surface area contributed by atoms with E-state index in [0.717, 1.165) is 0 Å². The average molecular weight is 216 g/mol. The van der Waals surface area contributed by atoms with Crippen LogP contribution in [0.1, 0.15) is 26.7 Å². The van der Waals surface area contributed by atoms with Crippen molar-refractivity contribution in [2.75, 3.05) is 19.8 Å². The lowest BCUT2D eigenvalue weighted by molar-refractivity contribution is -0.137. The molecule has 2 amide bonds. The Hall–Kier alpha value is -1.13. The summed E-state index contributed by atoms with van der Waals surface area (Å²) in [6.07, 6.45) is 0.622. The molecule has 1 aliphatic heterocycles. The second kappa shape index (κ2) is 4.59. The topological polar surface area (TPSA) is 49.4 Å². The van der Waals surface area contributed by atoms with Crippen molar-refractivity contribution in [3.05, 3.63) is 0 Å². The number of carbonyl (C=O) groups is 2. The lowest BCUT2D eigenvalue weighted by Crippen LogP contribution is -2.52. The van der Waals surface area contributed by atoms with Crippen LogP contribution in [-0.2, 0) is 9.59 Å². The number of halogens is 1. The minimum Gasteiger partial charge on any atom is -0.342 e. The maximum absolute atomic E-state index is 12.0. The third-order valence-electron chi connectivity index (χ3n) is 2.44. The van der Waals surface area contributed by atoms with Crippen LogP contribution in [0.5, 0.6) is 0 Å². The maximum Gasteiger partial charge on any atom is 0.247 e. The Kier molecular flexibility index (Phi) is 3.66. The lowest BCUT2D eigenvalue weighted by atomic mass is 10.0. The zero-order chi connectivity index (χ0) is 11.5. The lowest BCUT2D eigenvalue weighted by Gasteiger charge is -2.28. The number of hydrogen-bond donors (Lipinski definition) is 1. The molecule has 1 heterocycles. The molecule has 1 N–H and O–H groups in total. The number of rotatable bonds is 3. The molecule has 1 rings (SSSR count). The quantitative estimate of drug-likeness (QED) is 0.745. The summed E-state index contributed by atoms with van der Waals surface area (Å²) in [6.45, 7) is 3.66. The van der Waals surface area contributed by atoms with Crippen LogP contribution in [0.15, 0.2) is 0 Å². The van der Waals surface area contributed by atoms with Crippen LogP contribution < -0.4 is 5.32 Å². The van der Waals surface area contributed by atoms with E-state index in [0.29, 0.717) is 25.9 Å². The molecule has 1 saturated heterocycles. The van der Waals surface area contributed by atoms with Crippen molar-refractivity contribution in [3.63, 3.8) is 0 Å². The third-order valence-corrected chi connectivity index (χ3v) is 2.44. The molecule has 0 radical (unpaired) electrons. The third kappa shape index (κ3) is 2.91. The van der Waals surface area contributed by atoms with E-state index in [2.05, 4.69) is 5.32 Å². The van der Waals surface area contributed by atoms with E-state index in [1.54, 1.807) is 18.7 Å². The van der Waals surface area contributed by atoms with Gasteiger partial charge >= 0.3 is 0 Å². The average Bonchev–Trinajstić information content (AvgIpc) is 2.24. The minimum atomic E-state index is -0.871. The molecule has 0 spiro atoms. The predicted octanol–water partition coefficient (Wildman–Crippen LogP) is 0.473. The van der Waals surface area contributed by atoms with Gasteiger partial charge in [0, 0.05) is 19.5 Å². The van der Waals surface area contributed by atoms with Gasteiger partial charge in [-0.05, 0) is 20.3 Å². The van der Waals surface area contributed by atoms with Gasteiger partial charge in [-0.2, -0.15) is 0 Å². The highest BCUT2D eigenvalue weighted by atomic mass is 19.1. The van der Waals surface area contributed by atoms with Gasteiger partial charge in [0.1, 0.15) is 5.54 Å². The Morgan fingerprint density at radius 2 is 2.13 bits per heavy atom. The zero-order valence-corrected chi connectivity index (χ0v) is 9.18. The molecular formula is C10H17FN2O2. The first-order chi connectivity index (χ1) is 6.97. The van der Waals surface area contributed by atoms with Crippen molar-refractivity contribution in [1.82, 2.24) is 10.2 Å². The number of nitrogens with zero attached hydrogens (tertiary/aromatic N) is 1. The Morgan fingerprint density at radius 3 is 2.73 bits per heavy atom. The molecule has 0 unspecified atom stereocenters. The predicted molar refractivity (Wildman–Crippen MR) is 54.0 cm³/mol. The van der Waals surface area contributed by atoms with Crippen LogP contribution in [0.2, 0.25) is 0 Å². The van der Waals surface area contributed by atoms with E-state index in [1.807, 2.05) is 0 Å². The Morgan fingerprint density at radius 1 is 1.47 bits per heavy atom. The number of carbonyl (C=O) groups excluding carboxylic acids is 2. The highest BCUT2D eigenvalue weighted by Gasteiger charge is 2.35. The number of amides is 2. The molecule has 1 aliphatic rings. The molecule has 0 atom stereocenters. The second-order valence-corrected chi connectivity index (χ2v) is 4.26. The molecule has 15 heavy (non-hydrogen) atoms. The molecule has 1 fully saturated rings. The van der Waals surface area contributed by atoms with Crippen molar-refractivity contribution >= 4 is 11.8 Å². The van der Waals surface area contributed by atoms with Gasteiger partial charge in [0.25, 0.3) is 0 Å². The number of nitrogens with one attached hydrogen (secondary N) is 1. The van der Waals surface area contributed by atoms with Crippen molar-refractivity contribution in [1.29, 1.82) is 0 Å². The summed E-state index contributed by atoms with van der Waals surface area (Å²) in [6, 6.07) is 0. The molecule has 86 valence electrons. The maximum atomic E-state index is 12.0. The van der Waals surface area contributed by atoms with E-state index < -0.39 is 12.2 Å². The molecule has 0 aromatic rings. The van der Waals surface area contributed by atoms with Crippen LogP contribution in [0.25, 0.3) is 0 Å². The summed E-state index contributed by atoms with van der Waals surface area (Å²) in [4.78, 5) is 24.8. The van der Waals surface area contributed by atoms with Gasteiger partial charge < -0.3 is 10.2 Å². The van der Waals surface area contributed by atoms with Gasteiger partial charge in [0.05, 0.1) is 6.67 Å². The first kappa shape index (κ1) is 11.9. The number of alkyl halides is 1. The standard InChI is InChI=1S/C10H17FN2O2/c1-10(2)9(15)13(6-3-5-11)7-4-8(14)12-10/h3-7H2,1-2H3,(H,12,14). The van der Waals surface area contributed by atoms with Crippen LogP contribution in [-0.4, -0.2) is 42.0 Å². The normalized spacial score (nSPS) is 21.1. The van der Waals surface area contributed by atoms with Crippen molar-refractivity contribution in [2.45, 2.75) is 32.2 Å². The molecule has 4 nitrogen and oxygen atoms in total. The van der Waals surface area contributed by atoms with Crippen molar-refractivity contribution < 1.29 is 14.0 Å². The van der Waals surface area contributed by atoms with Crippen LogP contribution in [0.4, 0.5) is 4.39 Å². The Balaban J connectivity index is 2.72. The summed E-state index contributed by atoms with van der Waals surface area (Å²) in [7, 11) is 0. The summed E-state index contributed by atoms with van der Waals surface area (Å²) in [5.74, 6) is -0.266. The summed E-state index contributed by atoms with van der Waals surface area (Å²) in [5, 5.41) is 2.65. The van der Waals surface area contributed by atoms with Gasteiger partial charge in [-0.25, -0.2) is 0 Å². The summed E-state index contributed by atoms with van der Waals surface area (Å²) < 4.78 is 12.0. The smallest absolute Gasteiger partial charge is 0.247 e. The fourth-order valence-corrected chi connectivity index (χ4v) is 1.66. The first-order valence-corrected chi connectivity index (χ1v) is 5.14. The highest BCUT2D eigenvalue weighted by molar-refractivity contribution is 5.92. The van der Waals surface area contributed by atoms with Crippen molar-refractivity contribution in [3.8, 4) is 0 Å². The van der Waals surface area contributed by atoms with E-state index in [-0.39, 0.29) is 11.8 Å².